The van der Waals surface area contributed by atoms with Crippen molar-refractivity contribution < 1.29 is 9.59 Å². The second kappa shape index (κ2) is 5.48. The Labute approximate surface area is 126 Å². The van der Waals surface area contributed by atoms with Gasteiger partial charge < -0.3 is 10.6 Å². The molecule has 2 N–H and O–H groups in total. The molecule has 1 aliphatic rings. The molecule has 1 aliphatic heterocycles. The number of carbonyl (C=O) groups excluding carboxylic acids is 2. The molecule has 1 saturated heterocycles. The third kappa shape index (κ3) is 2.78. The number of amides is 2. The Morgan fingerprint density at radius 2 is 2.29 bits per heavy atom. The predicted molar refractivity (Wildman–Crippen MR) is 79.9 cm³/mol. The van der Waals surface area contributed by atoms with E-state index in [1.807, 2.05) is 29.1 Å². The molecule has 2 amide bonds. The van der Waals surface area contributed by atoms with Gasteiger partial charge in [0.1, 0.15) is 0 Å². The number of hydrogen-bond donors (Lipinski definition) is 1. The predicted octanol–water partition coefficient (Wildman–Crippen LogP) is 1.05. The lowest BCUT2D eigenvalue weighted by atomic mass is 9.92. The molecule has 0 aromatic carbocycles. The minimum Gasteiger partial charge on any atom is -0.369 e. The number of likely N-dealkylation sites (tertiary alicyclic amines) is 1. The summed E-state index contributed by atoms with van der Waals surface area (Å²) in [7, 11) is 0. The molecule has 0 bridgehead atoms. The first-order valence-corrected chi connectivity index (χ1v) is 7.92. The fourth-order valence-corrected chi connectivity index (χ4v) is 3.52. The van der Waals surface area contributed by atoms with Crippen LogP contribution in [0.4, 0.5) is 0 Å². The molecule has 2 aromatic heterocycles. The molecule has 7 heteroatoms. The van der Waals surface area contributed by atoms with Crippen LogP contribution in [0.5, 0.6) is 0 Å². The highest BCUT2D eigenvalue weighted by Crippen LogP contribution is 2.22. The van der Waals surface area contributed by atoms with Gasteiger partial charge in [-0.2, -0.15) is 0 Å². The number of hydrogen-bond acceptors (Lipinski definition) is 4. The summed E-state index contributed by atoms with van der Waals surface area (Å²) in [5, 5.41) is 1.96. The molecular formula is C14H18N4O2S. The van der Waals surface area contributed by atoms with Crippen LogP contribution in [-0.2, 0) is 16.0 Å². The maximum atomic E-state index is 12.5. The van der Waals surface area contributed by atoms with Crippen LogP contribution >= 0.6 is 11.3 Å². The van der Waals surface area contributed by atoms with E-state index in [-0.39, 0.29) is 30.2 Å². The molecule has 3 heterocycles. The molecule has 2 aromatic rings. The number of imidazole rings is 1. The maximum absolute atomic E-state index is 12.5. The molecule has 2 atom stereocenters. The third-order valence-electron chi connectivity index (χ3n) is 4.08. The fourth-order valence-electron chi connectivity index (χ4n) is 2.80. The monoisotopic (exact) mass is 306 g/mol. The Hall–Kier alpha value is -1.89. The molecule has 3 rings (SSSR count). The summed E-state index contributed by atoms with van der Waals surface area (Å²) >= 11 is 1.54. The molecule has 0 spiro atoms. The smallest absolute Gasteiger partial charge is 0.228 e. The lowest BCUT2D eigenvalue weighted by Crippen LogP contribution is -2.49. The zero-order valence-electron chi connectivity index (χ0n) is 11.9. The van der Waals surface area contributed by atoms with Gasteiger partial charge in [-0.15, -0.1) is 11.3 Å². The summed E-state index contributed by atoms with van der Waals surface area (Å²) in [5.74, 6) is -0.531. The van der Waals surface area contributed by atoms with E-state index in [4.69, 9.17) is 5.73 Å². The second-order valence-corrected chi connectivity index (χ2v) is 6.45. The van der Waals surface area contributed by atoms with Gasteiger partial charge in [0.2, 0.25) is 11.8 Å². The van der Waals surface area contributed by atoms with Crippen molar-refractivity contribution in [3.63, 3.8) is 0 Å². The number of primary amides is 1. The van der Waals surface area contributed by atoms with Crippen molar-refractivity contribution in [1.82, 2.24) is 14.3 Å². The van der Waals surface area contributed by atoms with Crippen LogP contribution < -0.4 is 5.73 Å². The normalized spacial score (nSPS) is 22.6. The zero-order valence-corrected chi connectivity index (χ0v) is 12.7. The van der Waals surface area contributed by atoms with E-state index in [0.717, 1.165) is 23.5 Å². The number of carbonyl (C=O) groups is 2. The van der Waals surface area contributed by atoms with Gasteiger partial charge in [0.05, 0.1) is 18.0 Å². The van der Waals surface area contributed by atoms with Gasteiger partial charge in [-0.25, -0.2) is 4.98 Å². The summed E-state index contributed by atoms with van der Waals surface area (Å²) in [5.41, 5.74) is 6.14. The Balaban J connectivity index is 1.71. The first kappa shape index (κ1) is 14.1. The van der Waals surface area contributed by atoms with Crippen LogP contribution in [0.25, 0.3) is 4.96 Å². The largest absolute Gasteiger partial charge is 0.369 e. The third-order valence-corrected chi connectivity index (χ3v) is 4.85. The zero-order chi connectivity index (χ0) is 15.0. The lowest BCUT2D eigenvalue weighted by molar-refractivity contribution is -0.137. The Kier molecular flexibility index (Phi) is 3.67. The Bertz CT molecular complexity index is 649. The molecule has 21 heavy (non-hydrogen) atoms. The quantitative estimate of drug-likeness (QED) is 0.920. The van der Waals surface area contributed by atoms with Crippen molar-refractivity contribution in [3.8, 4) is 0 Å². The van der Waals surface area contributed by atoms with E-state index in [1.165, 1.54) is 0 Å². The number of thiazole rings is 1. The van der Waals surface area contributed by atoms with Crippen molar-refractivity contribution in [2.24, 2.45) is 11.7 Å². The summed E-state index contributed by atoms with van der Waals surface area (Å²) < 4.78 is 1.92. The van der Waals surface area contributed by atoms with Gasteiger partial charge in [0, 0.05) is 30.4 Å². The topological polar surface area (TPSA) is 80.7 Å². The summed E-state index contributed by atoms with van der Waals surface area (Å²) in [6.45, 7) is 2.44. The van der Waals surface area contributed by atoms with Crippen molar-refractivity contribution in [1.29, 1.82) is 0 Å². The highest BCUT2D eigenvalue weighted by atomic mass is 32.1. The molecule has 2 unspecified atom stereocenters. The van der Waals surface area contributed by atoms with E-state index in [0.29, 0.717) is 6.54 Å². The van der Waals surface area contributed by atoms with Gasteiger partial charge >= 0.3 is 0 Å². The summed E-state index contributed by atoms with van der Waals surface area (Å²) in [6.07, 6.45) is 5.65. The van der Waals surface area contributed by atoms with Crippen LogP contribution in [-0.4, -0.2) is 38.7 Å². The van der Waals surface area contributed by atoms with Crippen LogP contribution in [0.3, 0.4) is 0 Å². The van der Waals surface area contributed by atoms with E-state index in [2.05, 4.69) is 4.98 Å². The number of aromatic nitrogens is 2. The number of piperidine rings is 1. The van der Waals surface area contributed by atoms with Gasteiger partial charge in [-0.3, -0.25) is 14.0 Å². The average Bonchev–Trinajstić information content (AvgIpc) is 2.99. The second-order valence-electron chi connectivity index (χ2n) is 5.57. The standard InChI is InChI=1S/C14H18N4O2S/c1-9-2-3-10(13(15)20)7-18(9)12(19)6-11-8-17-4-5-21-14(17)16-11/h4-5,8-10H,2-3,6-7H2,1H3,(H2,15,20). The first-order chi connectivity index (χ1) is 10.0. The lowest BCUT2D eigenvalue weighted by Gasteiger charge is -2.36. The van der Waals surface area contributed by atoms with Crippen LogP contribution in [0.1, 0.15) is 25.5 Å². The molecule has 6 nitrogen and oxygen atoms in total. The number of fused-ring (bicyclic) bond motifs is 1. The Morgan fingerprint density at radius 1 is 1.48 bits per heavy atom. The average molecular weight is 306 g/mol. The number of rotatable bonds is 3. The minimum absolute atomic E-state index is 0.0132. The van der Waals surface area contributed by atoms with E-state index >= 15 is 0 Å². The molecule has 1 fully saturated rings. The van der Waals surface area contributed by atoms with Gasteiger partial charge in [0.25, 0.3) is 0 Å². The number of nitrogens with two attached hydrogens (primary N) is 1. The first-order valence-electron chi connectivity index (χ1n) is 7.04. The highest BCUT2D eigenvalue weighted by molar-refractivity contribution is 7.15. The Morgan fingerprint density at radius 3 is 3.00 bits per heavy atom. The molecule has 0 aliphatic carbocycles. The maximum Gasteiger partial charge on any atom is 0.228 e. The van der Waals surface area contributed by atoms with Gasteiger partial charge in [-0.1, -0.05) is 0 Å². The molecular weight excluding hydrogens is 288 g/mol. The molecule has 112 valence electrons. The van der Waals surface area contributed by atoms with Gasteiger partial charge in [0.15, 0.2) is 4.96 Å². The van der Waals surface area contributed by atoms with Crippen molar-refractivity contribution in [2.75, 3.05) is 6.54 Å². The SMILES string of the molecule is CC1CCC(C(N)=O)CN1C(=O)Cc1cn2ccsc2n1. The molecule has 0 radical (unpaired) electrons. The highest BCUT2D eigenvalue weighted by Gasteiger charge is 2.31. The van der Waals surface area contributed by atoms with E-state index in [9.17, 15) is 9.59 Å². The fraction of sp³-hybridized carbons (Fsp3) is 0.500. The van der Waals surface area contributed by atoms with Crippen LogP contribution in [0.15, 0.2) is 17.8 Å². The van der Waals surface area contributed by atoms with E-state index in [1.54, 1.807) is 16.2 Å². The minimum atomic E-state index is -0.317. The van der Waals surface area contributed by atoms with Crippen molar-refractivity contribution >= 4 is 28.1 Å². The van der Waals surface area contributed by atoms with Gasteiger partial charge in [-0.05, 0) is 19.8 Å². The van der Waals surface area contributed by atoms with Crippen LogP contribution in [0.2, 0.25) is 0 Å². The summed E-state index contributed by atoms with van der Waals surface area (Å²) in [6, 6.07) is 0.150. The van der Waals surface area contributed by atoms with Crippen LogP contribution in [0, 0.1) is 5.92 Å². The number of nitrogens with zero attached hydrogens (tertiary/aromatic N) is 3. The van der Waals surface area contributed by atoms with E-state index < -0.39 is 0 Å². The van der Waals surface area contributed by atoms with Crippen molar-refractivity contribution in [2.45, 2.75) is 32.2 Å². The van der Waals surface area contributed by atoms with Crippen molar-refractivity contribution in [3.05, 3.63) is 23.5 Å². The summed E-state index contributed by atoms with van der Waals surface area (Å²) in [4.78, 5) is 30.9. The molecule has 0 saturated carbocycles.